The van der Waals surface area contributed by atoms with Gasteiger partial charge in [0.05, 0.1) is 0 Å². The quantitative estimate of drug-likeness (QED) is 0.718. The van der Waals surface area contributed by atoms with Crippen LogP contribution >= 0.6 is 0 Å². The van der Waals surface area contributed by atoms with Crippen LogP contribution in [0.3, 0.4) is 0 Å². The molecule has 0 spiro atoms. The van der Waals surface area contributed by atoms with Crippen LogP contribution < -0.4 is 0 Å². The molecule has 0 bridgehead atoms. The van der Waals surface area contributed by atoms with Crippen molar-refractivity contribution >= 4 is 17.8 Å². The summed E-state index contributed by atoms with van der Waals surface area (Å²) < 4.78 is 0. The molecule has 1 aromatic rings. The second-order valence-corrected chi connectivity index (χ2v) is 4.85. The number of hydrogen-bond donors (Lipinski definition) is 0. The molecule has 1 saturated heterocycles. The van der Waals surface area contributed by atoms with Crippen molar-refractivity contribution in [3.05, 3.63) is 34.9 Å². The minimum Gasteiger partial charge on any atom is -0.273 e. The molecule has 0 aromatic heterocycles. The van der Waals surface area contributed by atoms with E-state index in [2.05, 4.69) is 0 Å². The lowest BCUT2D eigenvalue weighted by atomic mass is 9.92. The summed E-state index contributed by atoms with van der Waals surface area (Å²) in [7, 11) is 2.78. The normalized spacial score (nSPS) is 17.4. The number of aryl methyl sites for hydroxylation is 2. The van der Waals surface area contributed by atoms with Crippen LogP contribution in [-0.4, -0.2) is 41.7 Å². The molecule has 2 rings (SSSR count). The molecule has 1 aliphatic rings. The van der Waals surface area contributed by atoms with E-state index in [0.29, 0.717) is 5.56 Å². The molecule has 0 unspecified atom stereocenters. The highest BCUT2D eigenvalue weighted by atomic mass is 16.2. The maximum absolute atomic E-state index is 12.1. The molecule has 5 heteroatoms. The third-order valence-corrected chi connectivity index (χ3v) is 3.59. The van der Waals surface area contributed by atoms with E-state index in [1.807, 2.05) is 26.0 Å². The molecular formula is C14H16N2O3. The molecule has 0 N–H and O–H groups in total. The fourth-order valence-electron chi connectivity index (χ4n) is 2.14. The Hall–Kier alpha value is -2.17. The first-order chi connectivity index (χ1) is 8.84. The van der Waals surface area contributed by atoms with Gasteiger partial charge in [0.2, 0.25) is 11.8 Å². The summed E-state index contributed by atoms with van der Waals surface area (Å²) in [6.07, 6.45) is 0. The van der Waals surface area contributed by atoms with Gasteiger partial charge in [-0.1, -0.05) is 18.2 Å². The molecule has 4 amide bonds. The summed E-state index contributed by atoms with van der Waals surface area (Å²) >= 11 is 0. The van der Waals surface area contributed by atoms with Crippen LogP contribution in [0, 0.1) is 13.8 Å². The van der Waals surface area contributed by atoms with Crippen molar-refractivity contribution in [1.29, 1.82) is 0 Å². The summed E-state index contributed by atoms with van der Waals surface area (Å²) in [6.45, 7) is 3.89. The summed E-state index contributed by atoms with van der Waals surface area (Å²) in [5.74, 6) is -1.88. The molecule has 1 aromatic carbocycles. The third-order valence-electron chi connectivity index (χ3n) is 3.59. The number of benzene rings is 1. The fourth-order valence-corrected chi connectivity index (χ4v) is 2.14. The second kappa shape index (κ2) is 4.50. The van der Waals surface area contributed by atoms with E-state index in [1.165, 1.54) is 14.1 Å². The number of urea groups is 1. The number of rotatable bonds is 1. The van der Waals surface area contributed by atoms with E-state index in [0.717, 1.165) is 20.9 Å². The minimum atomic E-state index is -0.924. The maximum Gasteiger partial charge on any atom is 0.332 e. The first kappa shape index (κ1) is 13.3. The van der Waals surface area contributed by atoms with Crippen molar-refractivity contribution in [1.82, 2.24) is 9.80 Å². The number of hydrogen-bond acceptors (Lipinski definition) is 3. The van der Waals surface area contributed by atoms with Crippen LogP contribution in [0.1, 0.15) is 22.6 Å². The van der Waals surface area contributed by atoms with Crippen molar-refractivity contribution in [2.24, 2.45) is 0 Å². The summed E-state index contributed by atoms with van der Waals surface area (Å²) in [4.78, 5) is 37.9. The van der Waals surface area contributed by atoms with E-state index in [-0.39, 0.29) is 0 Å². The van der Waals surface area contributed by atoms with Gasteiger partial charge in [-0.3, -0.25) is 19.4 Å². The molecule has 0 atom stereocenters. The number of barbiturate groups is 1. The van der Waals surface area contributed by atoms with Gasteiger partial charge in [-0.2, -0.15) is 0 Å². The zero-order valence-corrected chi connectivity index (χ0v) is 11.4. The lowest BCUT2D eigenvalue weighted by Crippen LogP contribution is -2.55. The van der Waals surface area contributed by atoms with Crippen molar-refractivity contribution in [3.8, 4) is 0 Å². The van der Waals surface area contributed by atoms with Crippen molar-refractivity contribution in [2.45, 2.75) is 19.8 Å². The highest BCUT2D eigenvalue weighted by Crippen LogP contribution is 2.26. The van der Waals surface area contributed by atoms with Gasteiger partial charge >= 0.3 is 6.03 Å². The van der Waals surface area contributed by atoms with E-state index in [1.54, 1.807) is 6.07 Å². The van der Waals surface area contributed by atoms with Gasteiger partial charge in [-0.25, -0.2) is 4.79 Å². The third kappa shape index (κ3) is 2.01. The molecule has 1 aliphatic heterocycles. The van der Waals surface area contributed by atoms with Crippen molar-refractivity contribution < 1.29 is 14.4 Å². The van der Waals surface area contributed by atoms with Gasteiger partial charge in [0.1, 0.15) is 5.92 Å². The largest absolute Gasteiger partial charge is 0.332 e. The highest BCUT2D eigenvalue weighted by molar-refractivity contribution is 6.19. The lowest BCUT2D eigenvalue weighted by molar-refractivity contribution is -0.143. The second-order valence-electron chi connectivity index (χ2n) is 4.85. The molecule has 100 valence electrons. The average molecular weight is 260 g/mol. The van der Waals surface area contributed by atoms with Gasteiger partial charge in [0.15, 0.2) is 0 Å². The first-order valence-corrected chi connectivity index (χ1v) is 6.01. The monoisotopic (exact) mass is 260 g/mol. The van der Waals surface area contributed by atoms with E-state index in [9.17, 15) is 14.4 Å². The van der Waals surface area contributed by atoms with Gasteiger partial charge in [-0.05, 0) is 30.5 Å². The molecule has 1 fully saturated rings. The Labute approximate surface area is 111 Å². The lowest BCUT2D eigenvalue weighted by Gasteiger charge is -2.33. The SMILES string of the molecule is Cc1ccc(C2C(=O)N(C)C(=O)N(C)C2=O)cc1C. The van der Waals surface area contributed by atoms with Crippen molar-refractivity contribution in [2.75, 3.05) is 14.1 Å². The molecule has 19 heavy (non-hydrogen) atoms. The molecule has 0 saturated carbocycles. The smallest absolute Gasteiger partial charge is 0.273 e. The number of imide groups is 2. The summed E-state index contributed by atoms with van der Waals surface area (Å²) in [5, 5.41) is 0. The van der Waals surface area contributed by atoms with Crippen LogP contribution in [0.2, 0.25) is 0 Å². The van der Waals surface area contributed by atoms with Gasteiger partial charge in [-0.15, -0.1) is 0 Å². The Balaban J connectivity index is 2.47. The highest BCUT2D eigenvalue weighted by Gasteiger charge is 2.43. The molecule has 1 heterocycles. The Morgan fingerprint density at radius 3 is 1.89 bits per heavy atom. The van der Waals surface area contributed by atoms with Crippen LogP contribution in [0.4, 0.5) is 4.79 Å². The Morgan fingerprint density at radius 1 is 0.895 bits per heavy atom. The standard InChI is InChI=1S/C14H16N2O3/c1-8-5-6-10(7-9(8)2)11-12(17)15(3)14(19)16(4)13(11)18/h5-7,11H,1-4H3. The van der Waals surface area contributed by atoms with Gasteiger partial charge < -0.3 is 0 Å². The topological polar surface area (TPSA) is 57.7 Å². The zero-order chi connectivity index (χ0) is 14.3. The number of likely N-dealkylation sites (N-methyl/N-ethyl adjacent to an activating group) is 2. The fraction of sp³-hybridized carbons (Fsp3) is 0.357. The van der Waals surface area contributed by atoms with Crippen LogP contribution in [0.25, 0.3) is 0 Å². The average Bonchev–Trinajstić information content (AvgIpc) is 2.38. The number of carbonyl (C=O) groups excluding carboxylic acids is 3. The Morgan fingerprint density at radius 2 is 1.42 bits per heavy atom. The molecule has 0 radical (unpaired) electrons. The van der Waals surface area contributed by atoms with Crippen LogP contribution in [0.15, 0.2) is 18.2 Å². The number of nitrogens with zero attached hydrogens (tertiary/aromatic N) is 2. The van der Waals surface area contributed by atoms with Crippen LogP contribution in [0.5, 0.6) is 0 Å². The summed E-state index contributed by atoms with van der Waals surface area (Å²) in [6, 6.07) is 4.88. The minimum absolute atomic E-state index is 0.476. The zero-order valence-electron chi connectivity index (χ0n) is 11.4. The van der Waals surface area contributed by atoms with Gasteiger partial charge in [0, 0.05) is 14.1 Å². The van der Waals surface area contributed by atoms with Crippen LogP contribution in [-0.2, 0) is 9.59 Å². The Kier molecular flexibility index (Phi) is 3.14. The molecule has 0 aliphatic carbocycles. The van der Waals surface area contributed by atoms with E-state index >= 15 is 0 Å². The molecular weight excluding hydrogens is 244 g/mol. The van der Waals surface area contributed by atoms with Gasteiger partial charge in [0.25, 0.3) is 0 Å². The predicted molar refractivity (Wildman–Crippen MR) is 69.6 cm³/mol. The number of amides is 4. The first-order valence-electron chi connectivity index (χ1n) is 6.01. The predicted octanol–water partition coefficient (Wildman–Crippen LogP) is 1.44. The Bertz CT molecular complexity index is 556. The number of carbonyl (C=O) groups is 3. The summed E-state index contributed by atoms with van der Waals surface area (Å²) in [5.41, 5.74) is 2.74. The van der Waals surface area contributed by atoms with Crippen molar-refractivity contribution in [3.63, 3.8) is 0 Å². The maximum atomic E-state index is 12.1. The van der Waals surface area contributed by atoms with E-state index in [4.69, 9.17) is 0 Å². The molecule has 5 nitrogen and oxygen atoms in total. The van der Waals surface area contributed by atoms with E-state index < -0.39 is 23.8 Å².